The Kier molecular flexibility index (Phi) is 6.48. The van der Waals surface area contributed by atoms with Crippen molar-refractivity contribution in [1.29, 1.82) is 0 Å². The summed E-state index contributed by atoms with van der Waals surface area (Å²) in [6, 6.07) is 21.0. The van der Waals surface area contributed by atoms with E-state index in [9.17, 15) is 18.0 Å². The molecule has 3 aromatic rings. The summed E-state index contributed by atoms with van der Waals surface area (Å²) in [4.78, 5) is 24.1. The molecule has 0 fully saturated rings. The maximum absolute atomic E-state index is 12.4. The number of esters is 1. The fourth-order valence-corrected chi connectivity index (χ4v) is 3.66. The van der Waals surface area contributed by atoms with Gasteiger partial charge in [0.15, 0.2) is 6.61 Å². The molecule has 7 nitrogen and oxygen atoms in total. The van der Waals surface area contributed by atoms with Crippen molar-refractivity contribution in [3.8, 4) is 0 Å². The Morgan fingerprint density at radius 3 is 2.17 bits per heavy atom. The fraction of sp³-hybridized carbons (Fsp3) is 0.0909. The number of sulfonamides is 1. The van der Waals surface area contributed by atoms with Crippen molar-refractivity contribution in [2.24, 2.45) is 0 Å². The van der Waals surface area contributed by atoms with E-state index in [4.69, 9.17) is 4.74 Å². The van der Waals surface area contributed by atoms with Gasteiger partial charge in [-0.1, -0.05) is 36.4 Å². The lowest BCUT2D eigenvalue weighted by Gasteiger charge is -2.10. The minimum absolute atomic E-state index is 0.000184. The van der Waals surface area contributed by atoms with E-state index in [1.165, 1.54) is 24.3 Å². The Morgan fingerprint density at radius 1 is 0.867 bits per heavy atom. The van der Waals surface area contributed by atoms with Crippen molar-refractivity contribution < 1.29 is 22.7 Å². The molecule has 3 rings (SSSR count). The van der Waals surface area contributed by atoms with Crippen LogP contribution < -0.4 is 10.0 Å². The second-order valence-corrected chi connectivity index (χ2v) is 8.12. The van der Waals surface area contributed by atoms with Crippen molar-refractivity contribution in [3.63, 3.8) is 0 Å². The minimum atomic E-state index is -3.79. The maximum Gasteiger partial charge on any atom is 0.338 e. The van der Waals surface area contributed by atoms with Gasteiger partial charge in [-0.25, -0.2) is 13.2 Å². The molecule has 0 unspecified atom stereocenters. The smallest absolute Gasteiger partial charge is 0.338 e. The molecular weight excluding hydrogens is 404 g/mol. The molecule has 0 atom stereocenters. The molecule has 8 heteroatoms. The van der Waals surface area contributed by atoms with Gasteiger partial charge in [0.2, 0.25) is 0 Å². The molecule has 0 saturated heterocycles. The normalized spacial score (nSPS) is 10.8. The van der Waals surface area contributed by atoms with Crippen molar-refractivity contribution in [1.82, 2.24) is 0 Å². The van der Waals surface area contributed by atoms with Gasteiger partial charge in [-0.3, -0.25) is 9.52 Å². The number of ether oxygens (including phenoxy) is 1. The first kappa shape index (κ1) is 21.1. The summed E-state index contributed by atoms with van der Waals surface area (Å²) in [5.41, 5.74) is 2.09. The summed E-state index contributed by atoms with van der Waals surface area (Å²) in [6.07, 6.45) is 0. The first-order valence-electron chi connectivity index (χ1n) is 9.06. The SMILES string of the molecule is Cc1ccccc1NC(=O)COC(=O)c1ccc(S(=O)(=O)Nc2ccccc2)cc1. The third-order valence-corrected chi connectivity index (χ3v) is 5.58. The van der Waals surface area contributed by atoms with Gasteiger partial charge in [0.05, 0.1) is 10.5 Å². The van der Waals surface area contributed by atoms with E-state index in [0.717, 1.165) is 5.56 Å². The number of amides is 1. The van der Waals surface area contributed by atoms with Gasteiger partial charge in [0.25, 0.3) is 15.9 Å². The number of carbonyl (C=O) groups excluding carboxylic acids is 2. The highest BCUT2D eigenvalue weighted by molar-refractivity contribution is 7.92. The monoisotopic (exact) mass is 424 g/mol. The summed E-state index contributed by atoms with van der Waals surface area (Å²) < 4.78 is 32.3. The van der Waals surface area contributed by atoms with Gasteiger partial charge in [-0.2, -0.15) is 0 Å². The summed E-state index contributed by atoms with van der Waals surface area (Å²) >= 11 is 0. The minimum Gasteiger partial charge on any atom is -0.452 e. The Morgan fingerprint density at radius 2 is 1.50 bits per heavy atom. The number of hydrogen-bond donors (Lipinski definition) is 2. The first-order chi connectivity index (χ1) is 14.3. The molecule has 2 N–H and O–H groups in total. The van der Waals surface area contributed by atoms with E-state index < -0.39 is 28.5 Å². The molecule has 0 aliphatic carbocycles. The maximum atomic E-state index is 12.4. The van der Waals surface area contributed by atoms with E-state index in [0.29, 0.717) is 11.4 Å². The lowest BCUT2D eigenvalue weighted by atomic mass is 10.2. The first-order valence-corrected chi connectivity index (χ1v) is 10.5. The van der Waals surface area contributed by atoms with Crippen LogP contribution >= 0.6 is 0 Å². The second kappa shape index (κ2) is 9.23. The molecule has 0 aliphatic heterocycles. The number of benzene rings is 3. The lowest BCUT2D eigenvalue weighted by Crippen LogP contribution is -2.21. The topological polar surface area (TPSA) is 102 Å². The third-order valence-electron chi connectivity index (χ3n) is 4.18. The molecule has 154 valence electrons. The summed E-state index contributed by atoms with van der Waals surface area (Å²) in [6.45, 7) is 1.40. The largest absolute Gasteiger partial charge is 0.452 e. The number of aryl methyl sites for hydroxylation is 1. The van der Waals surface area contributed by atoms with E-state index >= 15 is 0 Å². The predicted molar refractivity (Wildman–Crippen MR) is 114 cm³/mol. The molecule has 0 bridgehead atoms. The molecule has 3 aromatic carbocycles. The van der Waals surface area contributed by atoms with Gasteiger partial charge < -0.3 is 10.1 Å². The van der Waals surface area contributed by atoms with Gasteiger partial charge in [0, 0.05) is 11.4 Å². The molecule has 0 spiro atoms. The number of nitrogens with one attached hydrogen (secondary N) is 2. The molecule has 0 aliphatic rings. The van der Waals surface area contributed by atoms with E-state index in [1.807, 2.05) is 19.1 Å². The van der Waals surface area contributed by atoms with Crippen molar-refractivity contribution >= 4 is 33.3 Å². The van der Waals surface area contributed by atoms with Crippen LogP contribution in [0.1, 0.15) is 15.9 Å². The predicted octanol–water partition coefficient (Wildman–Crippen LogP) is 3.59. The molecular formula is C22H20N2O5S. The lowest BCUT2D eigenvalue weighted by molar-refractivity contribution is -0.119. The second-order valence-electron chi connectivity index (χ2n) is 6.44. The zero-order valence-corrected chi connectivity index (χ0v) is 17.0. The van der Waals surface area contributed by atoms with E-state index in [1.54, 1.807) is 42.5 Å². The Balaban J connectivity index is 1.58. The number of rotatable bonds is 7. The molecule has 1 amide bonds. The molecule has 0 saturated carbocycles. The number of hydrogen-bond acceptors (Lipinski definition) is 5. The quantitative estimate of drug-likeness (QED) is 0.565. The highest BCUT2D eigenvalue weighted by Gasteiger charge is 2.16. The standard InChI is InChI=1S/C22H20N2O5S/c1-16-7-5-6-10-20(16)23-21(25)15-29-22(26)17-11-13-19(14-12-17)30(27,28)24-18-8-3-2-4-9-18/h2-14,24H,15H2,1H3,(H,23,25). The van der Waals surface area contributed by atoms with Crippen molar-refractivity contribution in [2.75, 3.05) is 16.6 Å². The highest BCUT2D eigenvalue weighted by atomic mass is 32.2. The Bertz CT molecular complexity index is 1140. The van der Waals surface area contributed by atoms with Crippen LogP contribution in [0.15, 0.2) is 83.8 Å². The number of para-hydroxylation sites is 2. The van der Waals surface area contributed by atoms with Gasteiger partial charge in [0.1, 0.15) is 0 Å². The van der Waals surface area contributed by atoms with Crippen molar-refractivity contribution in [3.05, 3.63) is 90.0 Å². The Labute approximate surface area is 174 Å². The van der Waals surface area contributed by atoms with Crippen LogP contribution in [-0.4, -0.2) is 26.9 Å². The molecule has 0 heterocycles. The average molecular weight is 424 g/mol. The average Bonchev–Trinajstić information content (AvgIpc) is 2.74. The van der Waals surface area contributed by atoms with Crippen LogP contribution in [0.5, 0.6) is 0 Å². The van der Waals surface area contributed by atoms with Gasteiger partial charge >= 0.3 is 5.97 Å². The van der Waals surface area contributed by atoms with Crippen LogP contribution in [0.4, 0.5) is 11.4 Å². The number of anilines is 2. The third kappa shape index (κ3) is 5.45. The fourth-order valence-electron chi connectivity index (χ4n) is 2.60. The molecule has 0 radical (unpaired) electrons. The highest BCUT2D eigenvalue weighted by Crippen LogP contribution is 2.17. The van der Waals surface area contributed by atoms with Crippen LogP contribution in [0.3, 0.4) is 0 Å². The summed E-state index contributed by atoms with van der Waals surface area (Å²) in [5.74, 6) is -1.20. The van der Waals surface area contributed by atoms with Crippen molar-refractivity contribution in [2.45, 2.75) is 11.8 Å². The van der Waals surface area contributed by atoms with Crippen LogP contribution in [-0.2, 0) is 19.6 Å². The van der Waals surface area contributed by atoms with E-state index in [2.05, 4.69) is 10.0 Å². The Hall–Kier alpha value is -3.65. The van der Waals surface area contributed by atoms with Crippen LogP contribution in [0.25, 0.3) is 0 Å². The molecule has 0 aromatic heterocycles. The van der Waals surface area contributed by atoms with Gasteiger partial charge in [-0.05, 0) is 55.0 Å². The zero-order chi connectivity index (χ0) is 21.6. The zero-order valence-electron chi connectivity index (χ0n) is 16.2. The van der Waals surface area contributed by atoms with Crippen LogP contribution in [0.2, 0.25) is 0 Å². The van der Waals surface area contributed by atoms with Crippen LogP contribution in [0, 0.1) is 6.92 Å². The summed E-state index contributed by atoms with van der Waals surface area (Å²) in [5, 5.41) is 2.67. The molecule has 30 heavy (non-hydrogen) atoms. The summed E-state index contributed by atoms with van der Waals surface area (Å²) in [7, 11) is -3.79. The van der Waals surface area contributed by atoms with Gasteiger partial charge in [-0.15, -0.1) is 0 Å². The number of carbonyl (C=O) groups is 2. The van der Waals surface area contributed by atoms with E-state index in [-0.39, 0.29) is 10.5 Å².